The minimum Gasteiger partial charge on any atom is -0.399 e. The summed E-state index contributed by atoms with van der Waals surface area (Å²) in [5.41, 5.74) is 9.06. The van der Waals surface area contributed by atoms with Gasteiger partial charge in [-0.3, -0.25) is 4.79 Å². The van der Waals surface area contributed by atoms with E-state index in [0.29, 0.717) is 5.69 Å². The number of carbonyl (C=O) groups excluding carboxylic acids is 1. The smallest absolute Gasteiger partial charge is 0.248 e. The molecule has 0 aliphatic heterocycles. The average molecular weight is 331 g/mol. The summed E-state index contributed by atoms with van der Waals surface area (Å²) in [5.74, 6) is -0.169. The number of nitrogens with one attached hydrogen (secondary N) is 1. The van der Waals surface area contributed by atoms with Crippen molar-refractivity contribution in [2.75, 3.05) is 11.1 Å². The average Bonchev–Trinajstić information content (AvgIpc) is 2.40. The van der Waals surface area contributed by atoms with Gasteiger partial charge in [0.1, 0.15) is 0 Å². The third kappa shape index (κ3) is 3.96. The van der Waals surface area contributed by atoms with Crippen LogP contribution in [0.5, 0.6) is 0 Å². The van der Waals surface area contributed by atoms with Crippen LogP contribution in [0.25, 0.3) is 6.08 Å². The lowest BCUT2D eigenvalue weighted by Crippen LogP contribution is -2.08. The molecule has 0 bridgehead atoms. The molecule has 0 radical (unpaired) electrons. The van der Waals surface area contributed by atoms with Crippen LogP contribution in [-0.4, -0.2) is 5.91 Å². The zero-order valence-electron chi connectivity index (χ0n) is 11.1. The Morgan fingerprint density at radius 2 is 2.05 bits per heavy atom. The van der Waals surface area contributed by atoms with Gasteiger partial charge in [0.05, 0.1) is 0 Å². The Kier molecular flexibility index (Phi) is 4.58. The van der Waals surface area contributed by atoms with Gasteiger partial charge in [0.15, 0.2) is 0 Å². The maximum Gasteiger partial charge on any atom is 0.248 e. The third-order valence-electron chi connectivity index (χ3n) is 2.78. The Bertz CT molecular complexity index is 665. The molecular weight excluding hydrogens is 316 g/mol. The zero-order chi connectivity index (χ0) is 14.5. The van der Waals surface area contributed by atoms with E-state index in [1.165, 1.54) is 6.08 Å². The van der Waals surface area contributed by atoms with E-state index in [-0.39, 0.29) is 5.91 Å². The molecule has 0 unspecified atom stereocenters. The van der Waals surface area contributed by atoms with Gasteiger partial charge in [0.25, 0.3) is 0 Å². The predicted octanol–water partition coefficient (Wildman–Crippen LogP) is 3.99. The van der Waals surface area contributed by atoms with Crippen molar-refractivity contribution in [3.8, 4) is 0 Å². The minimum atomic E-state index is -0.169. The van der Waals surface area contributed by atoms with Gasteiger partial charge in [-0.05, 0) is 54.5 Å². The summed E-state index contributed by atoms with van der Waals surface area (Å²) in [4.78, 5) is 11.9. The van der Waals surface area contributed by atoms with Gasteiger partial charge in [-0.15, -0.1) is 0 Å². The molecule has 0 aliphatic rings. The number of aryl methyl sites for hydroxylation is 1. The van der Waals surface area contributed by atoms with Crippen LogP contribution in [0.15, 0.2) is 53.0 Å². The number of benzene rings is 2. The SMILES string of the molecule is Cc1cc(Br)ccc1NC(=O)/C=C/c1cccc(N)c1. The molecule has 102 valence electrons. The van der Waals surface area contributed by atoms with E-state index < -0.39 is 0 Å². The highest BCUT2D eigenvalue weighted by Crippen LogP contribution is 2.20. The standard InChI is InChI=1S/C16H15BrN2O/c1-11-9-13(17)6-7-15(11)19-16(20)8-5-12-3-2-4-14(18)10-12/h2-10H,18H2,1H3,(H,19,20)/b8-5+. The molecule has 0 atom stereocenters. The molecule has 0 saturated heterocycles. The Hall–Kier alpha value is -2.07. The Labute approximate surface area is 126 Å². The third-order valence-corrected chi connectivity index (χ3v) is 3.28. The first-order valence-corrected chi connectivity index (χ1v) is 6.94. The molecule has 1 amide bonds. The number of amides is 1. The molecule has 4 heteroatoms. The van der Waals surface area contributed by atoms with Crippen LogP contribution in [0, 0.1) is 6.92 Å². The van der Waals surface area contributed by atoms with Gasteiger partial charge in [-0.25, -0.2) is 0 Å². The summed E-state index contributed by atoms with van der Waals surface area (Å²) in [6.45, 7) is 1.95. The zero-order valence-corrected chi connectivity index (χ0v) is 12.6. The number of nitrogen functional groups attached to an aromatic ring is 1. The monoisotopic (exact) mass is 330 g/mol. The van der Waals surface area contributed by atoms with Crippen molar-refractivity contribution in [3.63, 3.8) is 0 Å². The Balaban J connectivity index is 2.05. The lowest BCUT2D eigenvalue weighted by Gasteiger charge is -2.06. The summed E-state index contributed by atoms with van der Waals surface area (Å²) in [7, 11) is 0. The molecule has 3 N–H and O–H groups in total. The molecular formula is C16H15BrN2O. The highest BCUT2D eigenvalue weighted by atomic mass is 79.9. The normalized spacial score (nSPS) is 10.7. The Morgan fingerprint density at radius 1 is 1.25 bits per heavy atom. The summed E-state index contributed by atoms with van der Waals surface area (Å²) in [5, 5.41) is 2.84. The van der Waals surface area contributed by atoms with E-state index >= 15 is 0 Å². The van der Waals surface area contributed by atoms with Crippen molar-refractivity contribution in [1.29, 1.82) is 0 Å². The summed E-state index contributed by atoms with van der Waals surface area (Å²) >= 11 is 3.39. The molecule has 3 nitrogen and oxygen atoms in total. The molecule has 0 saturated carbocycles. The minimum absolute atomic E-state index is 0.169. The molecule has 2 aromatic carbocycles. The number of hydrogen-bond acceptors (Lipinski definition) is 2. The first-order valence-electron chi connectivity index (χ1n) is 6.15. The van der Waals surface area contributed by atoms with E-state index in [4.69, 9.17) is 5.73 Å². The lowest BCUT2D eigenvalue weighted by molar-refractivity contribution is -0.111. The summed E-state index contributed by atoms with van der Waals surface area (Å²) < 4.78 is 0.989. The first kappa shape index (κ1) is 14.3. The highest BCUT2D eigenvalue weighted by Gasteiger charge is 2.02. The van der Waals surface area contributed by atoms with E-state index in [1.807, 2.05) is 49.4 Å². The van der Waals surface area contributed by atoms with Gasteiger partial charge in [-0.1, -0.05) is 28.1 Å². The van der Waals surface area contributed by atoms with Gasteiger partial charge >= 0.3 is 0 Å². The van der Waals surface area contributed by atoms with Crippen LogP contribution in [0.1, 0.15) is 11.1 Å². The summed E-state index contributed by atoms with van der Waals surface area (Å²) in [6.07, 6.45) is 3.23. The fraction of sp³-hybridized carbons (Fsp3) is 0.0625. The number of nitrogens with two attached hydrogens (primary N) is 1. The second-order valence-electron chi connectivity index (χ2n) is 4.45. The molecule has 0 spiro atoms. The molecule has 0 fully saturated rings. The van der Waals surface area contributed by atoms with Crippen molar-refractivity contribution in [2.24, 2.45) is 0 Å². The molecule has 2 rings (SSSR count). The number of halogens is 1. The van der Waals surface area contributed by atoms with Crippen molar-refractivity contribution in [2.45, 2.75) is 6.92 Å². The van der Waals surface area contributed by atoms with Gasteiger partial charge < -0.3 is 11.1 Å². The quantitative estimate of drug-likeness (QED) is 0.660. The predicted molar refractivity (Wildman–Crippen MR) is 87.4 cm³/mol. The number of anilines is 2. The summed E-state index contributed by atoms with van der Waals surface area (Å²) in [6, 6.07) is 13.1. The van der Waals surface area contributed by atoms with Crippen molar-refractivity contribution >= 4 is 39.3 Å². The van der Waals surface area contributed by atoms with Crippen LogP contribution in [0.4, 0.5) is 11.4 Å². The van der Waals surface area contributed by atoms with Crippen LogP contribution in [-0.2, 0) is 4.79 Å². The maximum absolute atomic E-state index is 11.9. The van der Waals surface area contributed by atoms with Gasteiger partial charge in [0, 0.05) is 21.9 Å². The molecule has 0 aromatic heterocycles. The second-order valence-corrected chi connectivity index (χ2v) is 5.37. The number of rotatable bonds is 3. The first-order chi connectivity index (χ1) is 9.54. The molecule has 0 heterocycles. The Morgan fingerprint density at radius 3 is 2.75 bits per heavy atom. The van der Waals surface area contributed by atoms with Crippen molar-refractivity contribution < 1.29 is 4.79 Å². The second kappa shape index (κ2) is 6.39. The fourth-order valence-electron chi connectivity index (χ4n) is 1.78. The van der Waals surface area contributed by atoms with Crippen LogP contribution >= 0.6 is 15.9 Å². The largest absolute Gasteiger partial charge is 0.399 e. The van der Waals surface area contributed by atoms with E-state index in [1.54, 1.807) is 6.08 Å². The molecule has 2 aromatic rings. The number of carbonyl (C=O) groups is 1. The lowest BCUT2D eigenvalue weighted by atomic mass is 10.2. The van der Waals surface area contributed by atoms with E-state index in [2.05, 4.69) is 21.2 Å². The van der Waals surface area contributed by atoms with Gasteiger partial charge in [0.2, 0.25) is 5.91 Å². The topological polar surface area (TPSA) is 55.1 Å². The van der Waals surface area contributed by atoms with E-state index in [0.717, 1.165) is 21.3 Å². The molecule has 0 aliphatic carbocycles. The van der Waals surface area contributed by atoms with Crippen molar-refractivity contribution in [1.82, 2.24) is 0 Å². The van der Waals surface area contributed by atoms with Crippen LogP contribution < -0.4 is 11.1 Å². The van der Waals surface area contributed by atoms with Gasteiger partial charge in [-0.2, -0.15) is 0 Å². The highest BCUT2D eigenvalue weighted by molar-refractivity contribution is 9.10. The fourth-order valence-corrected chi connectivity index (χ4v) is 2.25. The van der Waals surface area contributed by atoms with Crippen LogP contribution in [0.2, 0.25) is 0 Å². The van der Waals surface area contributed by atoms with Crippen molar-refractivity contribution in [3.05, 3.63) is 64.1 Å². The van der Waals surface area contributed by atoms with E-state index in [9.17, 15) is 4.79 Å². The number of hydrogen-bond donors (Lipinski definition) is 2. The molecule has 20 heavy (non-hydrogen) atoms. The van der Waals surface area contributed by atoms with Crippen LogP contribution in [0.3, 0.4) is 0 Å². The maximum atomic E-state index is 11.9.